The van der Waals surface area contributed by atoms with Crippen LogP contribution in [0.4, 0.5) is 0 Å². The third-order valence-corrected chi connectivity index (χ3v) is 6.17. The number of nitrogens with one attached hydrogen (secondary N) is 2. The smallest absolute Gasteiger partial charge is 0.223 e. The van der Waals surface area contributed by atoms with Gasteiger partial charge < -0.3 is 24.6 Å². The molecule has 0 unspecified atom stereocenters. The lowest BCUT2D eigenvalue weighted by molar-refractivity contribution is -0.135. The Bertz CT molecular complexity index is 766. The highest BCUT2D eigenvalue weighted by atomic mass is 16.5. The Morgan fingerprint density at radius 2 is 1.91 bits per heavy atom. The maximum absolute atomic E-state index is 12.6. The predicted octanol–water partition coefficient (Wildman–Crippen LogP) is 3.71. The van der Waals surface area contributed by atoms with Crippen molar-refractivity contribution in [3.8, 4) is 5.75 Å². The minimum atomic E-state index is 0.241. The lowest BCUT2D eigenvalue weighted by Gasteiger charge is -2.34. The fourth-order valence-electron chi connectivity index (χ4n) is 4.25. The van der Waals surface area contributed by atoms with Crippen LogP contribution in [-0.4, -0.2) is 86.0 Å². The molecule has 1 heterocycles. The summed E-state index contributed by atoms with van der Waals surface area (Å²) >= 11 is 0. The quantitative estimate of drug-likeness (QED) is 0.395. The first kappa shape index (κ1) is 28.8. The Labute approximate surface area is 211 Å². The standard InChI is InChI=1S/C19H29NO3.C8H16N4/c1-22-15-8-13-19(21)20(17-9-4-2-5-10-17)14-16-23-18-11-6-3-7-12-18;1-9-3-4-12(2)7-8-5-10-11-6-8/h3,6-7,11-12,17H,2,4-5,8-10,13-16H2,1H3;5-6,9H,3-4,7H2,1-2H3,(H,10,11). The molecule has 0 aliphatic heterocycles. The van der Waals surface area contributed by atoms with E-state index < -0.39 is 0 Å². The van der Waals surface area contributed by atoms with Gasteiger partial charge in [-0.05, 0) is 45.5 Å². The van der Waals surface area contributed by atoms with Crippen molar-refractivity contribution in [1.29, 1.82) is 0 Å². The number of methoxy groups -OCH3 is 1. The first-order chi connectivity index (χ1) is 17.1. The first-order valence-electron chi connectivity index (χ1n) is 12.9. The molecule has 1 amide bonds. The highest BCUT2D eigenvalue weighted by Crippen LogP contribution is 2.23. The summed E-state index contributed by atoms with van der Waals surface area (Å²) in [5.74, 6) is 1.11. The second kappa shape index (κ2) is 17.9. The van der Waals surface area contributed by atoms with E-state index in [1.807, 2.05) is 49.8 Å². The zero-order valence-electron chi connectivity index (χ0n) is 21.9. The van der Waals surface area contributed by atoms with Crippen molar-refractivity contribution >= 4 is 5.91 Å². The van der Waals surface area contributed by atoms with Crippen LogP contribution in [0.5, 0.6) is 5.75 Å². The van der Waals surface area contributed by atoms with Gasteiger partial charge in [0, 0.05) is 57.6 Å². The molecule has 35 heavy (non-hydrogen) atoms. The van der Waals surface area contributed by atoms with Crippen molar-refractivity contribution in [2.75, 3.05) is 54.1 Å². The topological polar surface area (TPSA) is 82.7 Å². The normalized spacial score (nSPS) is 13.8. The van der Waals surface area contributed by atoms with Crippen LogP contribution in [-0.2, 0) is 16.1 Å². The summed E-state index contributed by atoms with van der Waals surface area (Å²) in [5.41, 5.74) is 1.23. The van der Waals surface area contributed by atoms with Gasteiger partial charge >= 0.3 is 0 Å². The summed E-state index contributed by atoms with van der Waals surface area (Å²) < 4.78 is 10.8. The molecule has 0 spiro atoms. The highest BCUT2D eigenvalue weighted by Gasteiger charge is 2.24. The van der Waals surface area contributed by atoms with Crippen LogP contribution in [0.2, 0.25) is 0 Å². The number of nitrogens with zero attached hydrogens (tertiary/aromatic N) is 3. The summed E-state index contributed by atoms with van der Waals surface area (Å²) in [4.78, 5) is 16.9. The van der Waals surface area contributed by atoms with E-state index in [4.69, 9.17) is 9.47 Å². The molecule has 3 rings (SSSR count). The monoisotopic (exact) mass is 487 g/mol. The molecule has 1 aliphatic rings. The molecule has 1 saturated carbocycles. The summed E-state index contributed by atoms with van der Waals surface area (Å²) in [6, 6.07) is 10.2. The number of carbonyl (C=O) groups excluding carboxylic acids is 1. The van der Waals surface area contributed by atoms with Gasteiger partial charge in [0.05, 0.1) is 12.7 Å². The number of aromatic nitrogens is 2. The number of hydrogen-bond donors (Lipinski definition) is 2. The van der Waals surface area contributed by atoms with Gasteiger partial charge in [-0.1, -0.05) is 37.5 Å². The number of H-pyrrole nitrogens is 1. The van der Waals surface area contributed by atoms with Crippen molar-refractivity contribution in [3.63, 3.8) is 0 Å². The molecule has 0 bridgehead atoms. The van der Waals surface area contributed by atoms with Crippen molar-refractivity contribution in [1.82, 2.24) is 25.3 Å². The van der Waals surface area contributed by atoms with Gasteiger partial charge in [0.15, 0.2) is 0 Å². The second-order valence-electron chi connectivity index (χ2n) is 9.08. The van der Waals surface area contributed by atoms with Gasteiger partial charge in [0.1, 0.15) is 12.4 Å². The number of aromatic amines is 1. The molecule has 1 aliphatic carbocycles. The zero-order valence-corrected chi connectivity index (χ0v) is 21.9. The molecule has 1 fully saturated rings. The molecule has 1 aromatic carbocycles. The first-order valence-corrected chi connectivity index (χ1v) is 12.9. The summed E-state index contributed by atoms with van der Waals surface area (Å²) in [7, 11) is 5.74. The lowest BCUT2D eigenvalue weighted by Crippen LogP contribution is -2.43. The van der Waals surface area contributed by atoms with Crippen molar-refractivity contribution in [3.05, 3.63) is 48.3 Å². The largest absolute Gasteiger partial charge is 0.492 e. The van der Waals surface area contributed by atoms with Crippen LogP contribution in [0.3, 0.4) is 0 Å². The van der Waals surface area contributed by atoms with Crippen molar-refractivity contribution < 1.29 is 14.3 Å². The molecule has 0 atom stereocenters. The third kappa shape index (κ3) is 12.2. The van der Waals surface area contributed by atoms with E-state index in [2.05, 4.69) is 32.4 Å². The average Bonchev–Trinajstić information content (AvgIpc) is 3.40. The van der Waals surface area contributed by atoms with Gasteiger partial charge in [-0.25, -0.2) is 0 Å². The van der Waals surface area contributed by atoms with Gasteiger partial charge in [0.25, 0.3) is 0 Å². The second-order valence-corrected chi connectivity index (χ2v) is 9.08. The van der Waals surface area contributed by atoms with E-state index in [9.17, 15) is 4.79 Å². The fourth-order valence-corrected chi connectivity index (χ4v) is 4.25. The molecular formula is C27H45N5O3. The maximum Gasteiger partial charge on any atom is 0.223 e. The molecule has 196 valence electrons. The minimum absolute atomic E-state index is 0.241. The van der Waals surface area contributed by atoms with Gasteiger partial charge in [-0.2, -0.15) is 5.10 Å². The maximum atomic E-state index is 12.6. The van der Waals surface area contributed by atoms with Crippen LogP contribution in [0, 0.1) is 0 Å². The van der Waals surface area contributed by atoms with Crippen LogP contribution < -0.4 is 10.1 Å². The summed E-state index contributed by atoms with van der Waals surface area (Å²) in [5, 5.41) is 9.80. The van der Waals surface area contributed by atoms with Crippen LogP contribution in [0.15, 0.2) is 42.7 Å². The van der Waals surface area contributed by atoms with E-state index in [0.29, 0.717) is 32.2 Å². The molecule has 0 radical (unpaired) electrons. The van der Waals surface area contributed by atoms with Crippen LogP contribution in [0.1, 0.15) is 50.5 Å². The molecule has 8 heteroatoms. The summed E-state index contributed by atoms with van der Waals surface area (Å²) in [6.07, 6.45) is 11.1. The number of hydrogen-bond acceptors (Lipinski definition) is 6. The van der Waals surface area contributed by atoms with Gasteiger partial charge in [0.2, 0.25) is 5.91 Å². The van der Waals surface area contributed by atoms with Gasteiger partial charge in [-0.15, -0.1) is 0 Å². The Morgan fingerprint density at radius 3 is 2.57 bits per heavy atom. The molecule has 2 aromatic rings. The van der Waals surface area contributed by atoms with Crippen LogP contribution in [0.25, 0.3) is 0 Å². The number of benzene rings is 1. The number of likely N-dealkylation sites (N-methyl/N-ethyl adjacent to an activating group) is 2. The van der Waals surface area contributed by atoms with Crippen molar-refractivity contribution in [2.45, 2.75) is 57.5 Å². The number of rotatable bonds is 14. The molecule has 8 nitrogen and oxygen atoms in total. The molecular weight excluding hydrogens is 442 g/mol. The van der Waals surface area contributed by atoms with Gasteiger partial charge in [-0.3, -0.25) is 9.89 Å². The third-order valence-electron chi connectivity index (χ3n) is 6.17. The van der Waals surface area contributed by atoms with E-state index in [-0.39, 0.29) is 5.91 Å². The van der Waals surface area contributed by atoms with E-state index in [1.54, 1.807) is 7.11 Å². The Morgan fingerprint density at radius 1 is 1.14 bits per heavy atom. The SMILES string of the molecule is CNCCN(C)Cc1cn[nH]c1.COCCCC(=O)N(CCOc1ccccc1)C1CCCCC1. The zero-order chi connectivity index (χ0) is 25.1. The number of para-hydroxylation sites is 1. The average molecular weight is 488 g/mol. The minimum Gasteiger partial charge on any atom is -0.492 e. The van der Waals surface area contributed by atoms with Crippen molar-refractivity contribution in [2.24, 2.45) is 0 Å². The highest BCUT2D eigenvalue weighted by molar-refractivity contribution is 5.76. The molecule has 2 N–H and O–H groups in total. The summed E-state index contributed by atoms with van der Waals surface area (Å²) in [6.45, 7) is 4.90. The van der Waals surface area contributed by atoms with Crippen LogP contribution >= 0.6 is 0 Å². The Kier molecular flexibility index (Phi) is 14.8. The number of carbonyl (C=O) groups is 1. The number of ether oxygens (including phenoxy) is 2. The lowest BCUT2D eigenvalue weighted by atomic mass is 9.94. The Balaban J connectivity index is 0.000000303. The van der Waals surface area contributed by atoms with E-state index >= 15 is 0 Å². The number of amides is 1. The van der Waals surface area contributed by atoms with E-state index in [1.165, 1.54) is 24.8 Å². The predicted molar refractivity (Wildman–Crippen MR) is 140 cm³/mol. The van der Waals surface area contributed by atoms with E-state index in [0.717, 1.165) is 44.6 Å². The Hall–Kier alpha value is -2.42. The fraction of sp³-hybridized carbons (Fsp3) is 0.630. The molecule has 0 saturated heterocycles. The molecule has 1 aromatic heterocycles.